The molecule has 0 saturated carbocycles. The lowest BCUT2D eigenvalue weighted by atomic mass is 10.1. The maximum Gasteiger partial charge on any atom is 0.268 e. The fourth-order valence-electron chi connectivity index (χ4n) is 3.77. The maximum absolute atomic E-state index is 12.7. The van der Waals surface area contributed by atoms with Crippen molar-refractivity contribution in [2.75, 3.05) is 25.6 Å². The van der Waals surface area contributed by atoms with Gasteiger partial charge < -0.3 is 14.2 Å². The lowest BCUT2D eigenvalue weighted by Gasteiger charge is -2.13. The van der Waals surface area contributed by atoms with Crippen molar-refractivity contribution in [1.82, 2.24) is 4.98 Å². The van der Waals surface area contributed by atoms with Gasteiger partial charge in [-0.3, -0.25) is 10.1 Å². The summed E-state index contributed by atoms with van der Waals surface area (Å²) in [6.07, 6.45) is 1.50. The van der Waals surface area contributed by atoms with E-state index in [0.29, 0.717) is 35.4 Å². The lowest BCUT2D eigenvalue weighted by Crippen LogP contribution is -2.13. The topological polar surface area (TPSA) is 93.5 Å². The summed E-state index contributed by atoms with van der Waals surface area (Å²) in [6, 6.07) is 22.9. The van der Waals surface area contributed by atoms with E-state index in [1.54, 1.807) is 18.2 Å². The molecule has 0 aliphatic rings. The molecule has 1 N–H and O–H groups in total. The maximum atomic E-state index is 12.7. The first kappa shape index (κ1) is 26.5. The zero-order valence-corrected chi connectivity index (χ0v) is 22.2. The molecule has 0 bridgehead atoms. The number of anilines is 1. The summed E-state index contributed by atoms with van der Waals surface area (Å²) in [5.74, 6) is 1.28. The third-order valence-electron chi connectivity index (χ3n) is 5.46. The minimum Gasteiger partial charge on any atom is -0.493 e. The number of carbonyl (C=O) groups excluding carboxylic acids is 1. The van der Waals surface area contributed by atoms with Gasteiger partial charge in [0.25, 0.3) is 5.91 Å². The van der Waals surface area contributed by atoms with Crippen molar-refractivity contribution >= 4 is 28.5 Å². The molecule has 0 radical (unpaired) electrons. The Hall–Kier alpha value is -4.61. The molecule has 192 valence electrons. The zero-order valence-electron chi connectivity index (χ0n) is 21.4. The van der Waals surface area contributed by atoms with Crippen LogP contribution in [0, 0.1) is 25.2 Å². The third kappa shape index (κ3) is 6.99. The van der Waals surface area contributed by atoms with Crippen LogP contribution in [0.25, 0.3) is 17.3 Å². The highest BCUT2D eigenvalue weighted by Gasteiger charge is 2.14. The van der Waals surface area contributed by atoms with Gasteiger partial charge in [-0.1, -0.05) is 42.5 Å². The Labute approximate surface area is 226 Å². The first-order valence-corrected chi connectivity index (χ1v) is 12.8. The van der Waals surface area contributed by atoms with E-state index in [9.17, 15) is 10.1 Å². The number of hydrogen-bond donors (Lipinski definition) is 1. The van der Waals surface area contributed by atoms with Crippen molar-refractivity contribution in [3.05, 3.63) is 94.4 Å². The fourth-order valence-corrected chi connectivity index (χ4v) is 4.49. The van der Waals surface area contributed by atoms with Crippen LogP contribution >= 0.6 is 11.3 Å². The Bertz CT molecular complexity index is 1470. The number of nitriles is 1. The molecule has 0 fully saturated rings. The number of aromatic nitrogens is 1. The molecule has 8 heteroatoms. The second-order valence-electron chi connectivity index (χ2n) is 8.46. The Morgan fingerprint density at radius 3 is 2.45 bits per heavy atom. The van der Waals surface area contributed by atoms with Crippen LogP contribution < -0.4 is 19.5 Å². The van der Waals surface area contributed by atoms with E-state index < -0.39 is 5.91 Å². The number of ether oxygens (including phenoxy) is 3. The molecule has 3 aromatic carbocycles. The van der Waals surface area contributed by atoms with Gasteiger partial charge in [0, 0.05) is 10.9 Å². The molecule has 0 aliphatic carbocycles. The highest BCUT2D eigenvalue weighted by molar-refractivity contribution is 7.14. The number of thiazole rings is 1. The number of amides is 1. The van der Waals surface area contributed by atoms with Crippen molar-refractivity contribution in [2.45, 2.75) is 13.8 Å². The predicted octanol–water partition coefficient (Wildman–Crippen LogP) is 6.44. The van der Waals surface area contributed by atoms with Crippen molar-refractivity contribution in [1.29, 1.82) is 5.26 Å². The van der Waals surface area contributed by atoms with Crippen LogP contribution in [0.2, 0.25) is 0 Å². The molecule has 0 saturated heterocycles. The minimum absolute atomic E-state index is 0.0565. The quantitative estimate of drug-likeness (QED) is 0.146. The summed E-state index contributed by atoms with van der Waals surface area (Å²) >= 11 is 1.30. The Morgan fingerprint density at radius 2 is 1.74 bits per heavy atom. The third-order valence-corrected chi connectivity index (χ3v) is 6.22. The number of rotatable bonds is 10. The molecule has 1 heterocycles. The zero-order chi connectivity index (χ0) is 26.9. The first-order valence-electron chi connectivity index (χ1n) is 11.9. The largest absolute Gasteiger partial charge is 0.493 e. The lowest BCUT2D eigenvalue weighted by molar-refractivity contribution is -0.112. The number of nitrogens with zero attached hydrogens (tertiary/aromatic N) is 2. The normalized spacial score (nSPS) is 10.9. The van der Waals surface area contributed by atoms with Crippen molar-refractivity contribution in [3.63, 3.8) is 0 Å². The Morgan fingerprint density at radius 1 is 1.00 bits per heavy atom. The summed E-state index contributed by atoms with van der Waals surface area (Å²) in [7, 11) is 1.53. The molecule has 38 heavy (non-hydrogen) atoms. The van der Waals surface area contributed by atoms with Gasteiger partial charge in [0.05, 0.1) is 12.8 Å². The molecule has 7 nitrogen and oxygen atoms in total. The van der Waals surface area contributed by atoms with Crippen LogP contribution in [0.3, 0.4) is 0 Å². The molecule has 0 aliphatic heterocycles. The smallest absolute Gasteiger partial charge is 0.268 e. The van der Waals surface area contributed by atoms with Crippen LogP contribution in [0.15, 0.2) is 77.7 Å². The van der Waals surface area contributed by atoms with Crippen molar-refractivity contribution in [2.24, 2.45) is 0 Å². The molecule has 0 spiro atoms. The molecule has 0 atom stereocenters. The molecule has 1 aromatic heterocycles. The molecule has 0 unspecified atom stereocenters. The molecule has 4 rings (SSSR count). The van der Waals surface area contributed by atoms with Gasteiger partial charge in [-0.15, -0.1) is 11.3 Å². The Kier molecular flexibility index (Phi) is 8.75. The van der Waals surface area contributed by atoms with Gasteiger partial charge in [0.2, 0.25) is 0 Å². The molecular weight excluding hydrogens is 498 g/mol. The van der Waals surface area contributed by atoms with Crippen LogP contribution in [0.5, 0.6) is 17.2 Å². The Balaban J connectivity index is 1.38. The van der Waals surface area contributed by atoms with E-state index in [2.05, 4.69) is 16.4 Å². The van der Waals surface area contributed by atoms with Crippen LogP contribution in [-0.4, -0.2) is 31.2 Å². The van der Waals surface area contributed by atoms with Gasteiger partial charge >= 0.3 is 0 Å². The highest BCUT2D eigenvalue weighted by atomic mass is 32.1. The number of hydrogen-bond acceptors (Lipinski definition) is 7. The number of benzene rings is 3. The van der Waals surface area contributed by atoms with Gasteiger partial charge in [-0.05, 0) is 60.9 Å². The van der Waals surface area contributed by atoms with Gasteiger partial charge in [-0.2, -0.15) is 5.26 Å². The minimum atomic E-state index is -0.538. The van der Waals surface area contributed by atoms with Gasteiger partial charge in [-0.25, -0.2) is 4.98 Å². The summed E-state index contributed by atoms with van der Waals surface area (Å²) < 4.78 is 17.1. The summed E-state index contributed by atoms with van der Waals surface area (Å²) in [5.41, 5.74) is 4.55. The van der Waals surface area contributed by atoms with E-state index in [-0.39, 0.29) is 5.57 Å². The molecule has 4 aromatic rings. The van der Waals surface area contributed by atoms with Crippen LogP contribution in [-0.2, 0) is 4.79 Å². The van der Waals surface area contributed by atoms with E-state index in [0.717, 1.165) is 28.1 Å². The van der Waals surface area contributed by atoms with E-state index >= 15 is 0 Å². The number of carbonyl (C=O) groups is 1. The monoisotopic (exact) mass is 525 g/mol. The van der Waals surface area contributed by atoms with E-state index in [1.807, 2.05) is 67.8 Å². The number of nitrogens with one attached hydrogen (secondary N) is 1. The average Bonchev–Trinajstić information content (AvgIpc) is 3.38. The molecule has 1 amide bonds. The van der Waals surface area contributed by atoms with Crippen LogP contribution in [0.1, 0.15) is 16.7 Å². The average molecular weight is 526 g/mol. The standard InChI is InChI=1S/C30H27N3O4S/c1-20-13-21(2)15-25(14-20)36-11-12-37-27-10-9-22(17-28(27)35-3)16-24(18-31)29(34)33-30-32-26(19-38-30)23-7-5-4-6-8-23/h4-10,13-17,19H,11-12H2,1-3H3,(H,32,33,34)/b24-16-. The fraction of sp³-hybridized carbons (Fsp3) is 0.167. The number of methoxy groups -OCH3 is 1. The predicted molar refractivity (Wildman–Crippen MR) is 150 cm³/mol. The van der Waals surface area contributed by atoms with Crippen molar-refractivity contribution in [3.8, 4) is 34.6 Å². The van der Waals surface area contributed by atoms with E-state index in [1.165, 1.54) is 24.5 Å². The first-order chi connectivity index (χ1) is 18.4. The second-order valence-corrected chi connectivity index (χ2v) is 9.32. The summed E-state index contributed by atoms with van der Waals surface area (Å²) in [6.45, 7) is 4.75. The SMILES string of the molecule is COc1cc(/C=C(/C#N)C(=O)Nc2nc(-c3ccccc3)cs2)ccc1OCCOc1cc(C)cc(C)c1. The second kappa shape index (κ2) is 12.6. The van der Waals surface area contributed by atoms with Gasteiger partial charge in [0.1, 0.15) is 30.6 Å². The molecular formula is C30H27N3O4S. The summed E-state index contributed by atoms with van der Waals surface area (Å²) in [5, 5.41) is 14.6. The highest BCUT2D eigenvalue weighted by Crippen LogP contribution is 2.29. The van der Waals surface area contributed by atoms with Gasteiger partial charge in [0.15, 0.2) is 16.6 Å². The van der Waals surface area contributed by atoms with E-state index in [4.69, 9.17) is 14.2 Å². The van der Waals surface area contributed by atoms with Crippen LogP contribution in [0.4, 0.5) is 5.13 Å². The number of aryl methyl sites for hydroxylation is 2. The summed E-state index contributed by atoms with van der Waals surface area (Å²) in [4.78, 5) is 17.2. The van der Waals surface area contributed by atoms with Crippen molar-refractivity contribution < 1.29 is 19.0 Å².